The number of ether oxygens (including phenoxy) is 6. The quantitative estimate of drug-likeness (QED) is 0.130. The Hall–Kier alpha value is -6.18. The Morgan fingerprint density at radius 2 is 0.860 bits per heavy atom. The summed E-state index contributed by atoms with van der Waals surface area (Å²) in [4.78, 5) is 73.4. The van der Waals surface area contributed by atoms with Crippen LogP contribution < -0.4 is 9.47 Å². The molecule has 0 saturated heterocycles. The van der Waals surface area contributed by atoms with Gasteiger partial charge in [-0.15, -0.1) is 0 Å². The van der Waals surface area contributed by atoms with Crippen LogP contribution in [0, 0.1) is 0 Å². The predicted molar refractivity (Wildman–Crippen MR) is 175 cm³/mol. The minimum Gasteiger partial charge on any atom is -0.489 e. The summed E-state index contributed by atoms with van der Waals surface area (Å²) in [6.07, 6.45) is -6.40. The molecule has 50 heavy (non-hydrogen) atoms. The van der Waals surface area contributed by atoms with Crippen molar-refractivity contribution in [3.05, 3.63) is 83.9 Å². The lowest BCUT2D eigenvalue weighted by atomic mass is 10.0. The van der Waals surface area contributed by atoms with Gasteiger partial charge in [0.25, 0.3) is 0 Å². The number of carboxylic acid groups (broad SMARTS) is 2. The van der Waals surface area contributed by atoms with Crippen molar-refractivity contribution in [3.63, 3.8) is 0 Å². The number of benzene rings is 4. The fraction of sp³-hybridized carbons (Fsp3) is 0.278. The molecule has 4 aromatic rings. The third-order valence-corrected chi connectivity index (χ3v) is 7.24. The number of carboxylic acids is 2. The van der Waals surface area contributed by atoms with Crippen LogP contribution >= 0.6 is 0 Å². The fourth-order valence-corrected chi connectivity index (χ4v) is 5.29. The second-order valence-corrected chi connectivity index (χ2v) is 11.1. The van der Waals surface area contributed by atoms with Crippen LogP contribution in [0.15, 0.2) is 72.8 Å². The van der Waals surface area contributed by atoms with E-state index in [1.165, 1.54) is 24.3 Å². The molecule has 4 atom stereocenters. The van der Waals surface area contributed by atoms with Gasteiger partial charge in [-0.3, -0.25) is 19.2 Å². The van der Waals surface area contributed by atoms with Gasteiger partial charge in [0.1, 0.15) is 24.7 Å². The normalized spacial score (nSPS) is 13.3. The molecule has 4 aromatic carbocycles. The van der Waals surface area contributed by atoms with Gasteiger partial charge in [0.05, 0.1) is 11.1 Å². The van der Waals surface area contributed by atoms with Crippen molar-refractivity contribution in [2.75, 3.05) is 13.2 Å². The van der Waals surface area contributed by atoms with E-state index in [2.05, 4.69) is 0 Å². The maximum atomic E-state index is 12.5. The predicted octanol–water partition coefficient (Wildman–Crippen LogP) is 4.57. The van der Waals surface area contributed by atoms with Crippen molar-refractivity contribution < 1.29 is 67.4 Å². The Morgan fingerprint density at radius 1 is 0.520 bits per heavy atom. The number of hydrogen-bond donors (Lipinski definition) is 2. The minimum atomic E-state index is -1.68. The van der Waals surface area contributed by atoms with Crippen LogP contribution in [-0.2, 0) is 38.1 Å². The number of hydrogen-bond acceptors (Lipinski definition) is 12. The second-order valence-electron chi connectivity index (χ2n) is 11.1. The lowest BCUT2D eigenvalue weighted by Crippen LogP contribution is -2.54. The number of aromatic carboxylic acids is 2. The molecule has 0 unspecified atom stereocenters. The molecule has 0 aliphatic rings. The molecule has 2 N–H and O–H groups in total. The van der Waals surface area contributed by atoms with E-state index in [0.29, 0.717) is 21.5 Å². The van der Waals surface area contributed by atoms with E-state index in [1.807, 2.05) is 0 Å². The molecule has 262 valence electrons. The van der Waals surface area contributed by atoms with Crippen molar-refractivity contribution >= 4 is 57.4 Å². The number of rotatable bonds is 15. The van der Waals surface area contributed by atoms with E-state index < -0.39 is 73.4 Å². The molecule has 0 aliphatic carbocycles. The van der Waals surface area contributed by atoms with Gasteiger partial charge in [0.15, 0.2) is 24.4 Å². The SMILES string of the molecule is CC(=O)O[C@H]([C@H](OC(C)=O)[C@H](COc1cc(C(=O)O)cc2ccccc12)OC(C)=O)[C@@H](COc1cc(C(=O)O)cc2ccccc12)OC(C)=O. The van der Waals surface area contributed by atoms with E-state index in [1.54, 1.807) is 48.5 Å². The first-order valence-electron chi connectivity index (χ1n) is 15.2. The lowest BCUT2D eigenvalue weighted by Gasteiger charge is -2.35. The second kappa shape index (κ2) is 16.3. The summed E-state index contributed by atoms with van der Waals surface area (Å²) in [6.45, 7) is 3.14. The molecule has 0 heterocycles. The molecular formula is C36H34O14. The number of esters is 4. The summed E-state index contributed by atoms with van der Waals surface area (Å²) < 4.78 is 34.1. The van der Waals surface area contributed by atoms with Crippen LogP contribution in [-0.4, -0.2) is 83.7 Å². The Balaban J connectivity index is 1.76. The van der Waals surface area contributed by atoms with Gasteiger partial charge in [-0.25, -0.2) is 9.59 Å². The zero-order valence-electron chi connectivity index (χ0n) is 27.4. The summed E-state index contributed by atoms with van der Waals surface area (Å²) in [6, 6.07) is 19.0. The Labute approximate surface area is 285 Å². The van der Waals surface area contributed by atoms with Crippen molar-refractivity contribution in [2.24, 2.45) is 0 Å². The van der Waals surface area contributed by atoms with E-state index >= 15 is 0 Å². The van der Waals surface area contributed by atoms with Crippen LogP contribution in [0.4, 0.5) is 0 Å². The summed E-state index contributed by atoms with van der Waals surface area (Å²) in [5.74, 6) is -5.76. The Kier molecular flexibility index (Phi) is 11.9. The average molecular weight is 691 g/mol. The first kappa shape index (κ1) is 36.7. The highest BCUT2D eigenvalue weighted by atomic mass is 16.6. The van der Waals surface area contributed by atoms with Crippen LogP contribution in [0.2, 0.25) is 0 Å². The Morgan fingerprint density at radius 3 is 1.18 bits per heavy atom. The third kappa shape index (κ3) is 9.46. The van der Waals surface area contributed by atoms with Crippen molar-refractivity contribution in [1.29, 1.82) is 0 Å². The highest BCUT2D eigenvalue weighted by molar-refractivity contribution is 5.98. The zero-order valence-corrected chi connectivity index (χ0v) is 27.4. The number of carbonyl (C=O) groups excluding carboxylic acids is 4. The highest BCUT2D eigenvalue weighted by Crippen LogP contribution is 2.31. The molecule has 0 bridgehead atoms. The van der Waals surface area contributed by atoms with E-state index in [-0.39, 0.29) is 22.6 Å². The van der Waals surface area contributed by atoms with Gasteiger partial charge in [-0.05, 0) is 35.0 Å². The average Bonchev–Trinajstić information content (AvgIpc) is 3.05. The maximum Gasteiger partial charge on any atom is 0.335 e. The molecule has 0 aromatic heterocycles. The summed E-state index contributed by atoms with van der Waals surface area (Å²) >= 11 is 0. The fourth-order valence-electron chi connectivity index (χ4n) is 5.29. The van der Waals surface area contributed by atoms with Crippen molar-refractivity contribution in [2.45, 2.75) is 52.1 Å². The van der Waals surface area contributed by atoms with E-state index in [0.717, 1.165) is 27.7 Å². The van der Waals surface area contributed by atoms with E-state index in [4.69, 9.17) is 28.4 Å². The smallest absolute Gasteiger partial charge is 0.335 e. The molecule has 14 nitrogen and oxygen atoms in total. The monoisotopic (exact) mass is 690 g/mol. The van der Waals surface area contributed by atoms with Gasteiger partial charge in [-0.1, -0.05) is 48.5 Å². The van der Waals surface area contributed by atoms with Crippen molar-refractivity contribution in [1.82, 2.24) is 0 Å². The third-order valence-electron chi connectivity index (χ3n) is 7.24. The topological polar surface area (TPSA) is 198 Å². The van der Waals surface area contributed by atoms with Crippen molar-refractivity contribution in [3.8, 4) is 11.5 Å². The first-order valence-corrected chi connectivity index (χ1v) is 15.2. The largest absolute Gasteiger partial charge is 0.489 e. The summed E-state index contributed by atoms with van der Waals surface area (Å²) in [5, 5.41) is 21.4. The van der Waals surface area contributed by atoms with Crippen LogP contribution in [0.1, 0.15) is 48.4 Å². The molecule has 0 fully saturated rings. The molecule has 14 heteroatoms. The number of carbonyl (C=O) groups is 6. The molecular weight excluding hydrogens is 656 g/mol. The molecule has 0 spiro atoms. The van der Waals surface area contributed by atoms with Crippen LogP contribution in [0.25, 0.3) is 21.5 Å². The van der Waals surface area contributed by atoms with E-state index in [9.17, 15) is 39.0 Å². The minimum absolute atomic E-state index is 0.0910. The molecule has 0 aliphatic heterocycles. The van der Waals surface area contributed by atoms with Crippen LogP contribution in [0.5, 0.6) is 11.5 Å². The maximum absolute atomic E-state index is 12.5. The molecule has 0 amide bonds. The standard InChI is InChI=1S/C36H34O14/c1-19(37)47-31(17-45-29-15-25(35(41)42)13-23-9-5-7-11-27(23)29)33(49-21(3)39)34(50-22(4)40)32(48-20(2)38)18-46-30-16-26(36(43)44)14-24-10-6-8-12-28(24)30/h5-16,31-34H,17-18H2,1-4H3,(H,41,42)(H,43,44)/t31-,32+,33+,34-. The number of fused-ring (bicyclic) bond motifs is 2. The lowest BCUT2D eigenvalue weighted by molar-refractivity contribution is -0.202. The van der Waals surface area contributed by atoms with Gasteiger partial charge in [0.2, 0.25) is 0 Å². The molecule has 0 radical (unpaired) electrons. The molecule has 4 rings (SSSR count). The first-order chi connectivity index (χ1) is 23.7. The van der Waals surface area contributed by atoms with Gasteiger partial charge in [0, 0.05) is 38.5 Å². The van der Waals surface area contributed by atoms with Gasteiger partial charge in [-0.2, -0.15) is 0 Å². The van der Waals surface area contributed by atoms with Crippen LogP contribution in [0.3, 0.4) is 0 Å². The highest BCUT2D eigenvalue weighted by Gasteiger charge is 2.44. The summed E-state index contributed by atoms with van der Waals surface area (Å²) in [5.41, 5.74) is -0.188. The van der Waals surface area contributed by atoms with Gasteiger partial charge >= 0.3 is 35.8 Å². The van der Waals surface area contributed by atoms with Gasteiger partial charge < -0.3 is 38.6 Å². The Bertz CT molecular complexity index is 1790. The molecule has 0 saturated carbocycles. The zero-order chi connectivity index (χ0) is 36.5. The summed E-state index contributed by atoms with van der Waals surface area (Å²) in [7, 11) is 0.